The largest absolute Gasteiger partial charge is 0.479 e. The standard InChI is InChI=1S/C15H26N2O6/c1-13(2,3)23-12(21)16-15(11(19)20)7-8-17(9-15)10(18)14(4,5)22-6/h7-9H2,1-6H3,(H,16,21)(H,19,20). The Kier molecular flexibility index (Phi) is 5.30. The summed E-state index contributed by atoms with van der Waals surface area (Å²) in [5, 5.41) is 11.9. The molecule has 0 aromatic rings. The molecule has 8 heteroatoms. The molecule has 8 nitrogen and oxygen atoms in total. The summed E-state index contributed by atoms with van der Waals surface area (Å²) in [6.07, 6.45) is -0.715. The van der Waals surface area contributed by atoms with E-state index in [9.17, 15) is 19.5 Å². The van der Waals surface area contributed by atoms with Gasteiger partial charge in [0.2, 0.25) is 0 Å². The number of hydrogen-bond donors (Lipinski definition) is 2. The summed E-state index contributed by atoms with van der Waals surface area (Å²) in [5.74, 6) is -1.53. The highest BCUT2D eigenvalue weighted by Gasteiger charge is 2.50. The molecule has 23 heavy (non-hydrogen) atoms. The first-order valence-corrected chi connectivity index (χ1v) is 7.42. The van der Waals surface area contributed by atoms with Crippen LogP contribution in [0, 0.1) is 0 Å². The average Bonchev–Trinajstić information content (AvgIpc) is 2.80. The maximum atomic E-state index is 12.4. The third-order valence-corrected chi connectivity index (χ3v) is 3.73. The van der Waals surface area contributed by atoms with Gasteiger partial charge in [0.25, 0.3) is 5.91 Å². The molecule has 1 aliphatic heterocycles. The number of nitrogens with one attached hydrogen (secondary N) is 1. The zero-order chi connectivity index (χ0) is 18.1. The van der Waals surface area contributed by atoms with Crippen LogP contribution in [0.5, 0.6) is 0 Å². The Balaban J connectivity index is 2.88. The molecule has 1 rings (SSSR count). The van der Waals surface area contributed by atoms with Gasteiger partial charge in [-0.2, -0.15) is 0 Å². The monoisotopic (exact) mass is 330 g/mol. The van der Waals surface area contributed by atoms with Crippen LogP contribution < -0.4 is 5.32 Å². The zero-order valence-electron chi connectivity index (χ0n) is 14.6. The van der Waals surface area contributed by atoms with E-state index in [4.69, 9.17) is 9.47 Å². The predicted molar refractivity (Wildman–Crippen MR) is 82.0 cm³/mol. The molecule has 0 radical (unpaired) electrons. The number of amides is 2. The Hall–Kier alpha value is -1.83. The fraction of sp³-hybridized carbons (Fsp3) is 0.800. The molecule has 0 aromatic heterocycles. The first-order valence-electron chi connectivity index (χ1n) is 7.42. The van der Waals surface area contributed by atoms with Crippen LogP contribution in [0.3, 0.4) is 0 Å². The number of alkyl carbamates (subject to hydrolysis) is 1. The SMILES string of the molecule is COC(C)(C)C(=O)N1CCC(NC(=O)OC(C)(C)C)(C(=O)O)C1. The molecule has 1 aliphatic rings. The molecule has 1 fully saturated rings. The Morgan fingerprint density at radius 1 is 1.17 bits per heavy atom. The van der Waals surface area contributed by atoms with Gasteiger partial charge in [0.15, 0.2) is 5.54 Å². The Morgan fingerprint density at radius 3 is 2.17 bits per heavy atom. The second kappa shape index (κ2) is 6.35. The number of carbonyl (C=O) groups is 3. The summed E-state index contributed by atoms with van der Waals surface area (Å²) in [6.45, 7) is 8.36. The van der Waals surface area contributed by atoms with Gasteiger partial charge in [-0.1, -0.05) is 0 Å². The lowest BCUT2D eigenvalue weighted by Crippen LogP contribution is -2.58. The third kappa shape index (κ3) is 4.57. The smallest absolute Gasteiger partial charge is 0.408 e. The zero-order valence-corrected chi connectivity index (χ0v) is 14.6. The van der Waals surface area contributed by atoms with Crippen LogP contribution in [-0.4, -0.2) is 64.9 Å². The minimum absolute atomic E-state index is 0.104. The molecular formula is C15H26N2O6. The molecule has 132 valence electrons. The molecule has 2 amide bonds. The van der Waals surface area contributed by atoms with Gasteiger partial charge >= 0.3 is 12.1 Å². The minimum Gasteiger partial charge on any atom is -0.479 e. The van der Waals surface area contributed by atoms with Crippen LogP contribution in [-0.2, 0) is 19.1 Å². The van der Waals surface area contributed by atoms with E-state index >= 15 is 0 Å². The maximum Gasteiger partial charge on any atom is 0.408 e. The number of carbonyl (C=O) groups excluding carboxylic acids is 2. The van der Waals surface area contributed by atoms with Crippen LogP contribution in [0.25, 0.3) is 0 Å². The molecule has 0 saturated carbocycles. The number of likely N-dealkylation sites (tertiary alicyclic amines) is 1. The second-order valence-electron chi connectivity index (χ2n) is 7.21. The summed E-state index contributed by atoms with van der Waals surface area (Å²) >= 11 is 0. The van der Waals surface area contributed by atoms with Gasteiger partial charge in [0, 0.05) is 20.1 Å². The van der Waals surface area contributed by atoms with Gasteiger partial charge in [-0.25, -0.2) is 9.59 Å². The van der Waals surface area contributed by atoms with Crippen molar-refractivity contribution in [2.75, 3.05) is 20.2 Å². The van der Waals surface area contributed by atoms with Crippen LogP contribution in [0.2, 0.25) is 0 Å². The van der Waals surface area contributed by atoms with E-state index in [1.165, 1.54) is 12.0 Å². The summed E-state index contributed by atoms with van der Waals surface area (Å²) in [5.41, 5.74) is -3.35. The van der Waals surface area contributed by atoms with E-state index in [1.807, 2.05) is 0 Å². The highest BCUT2D eigenvalue weighted by atomic mass is 16.6. The number of hydrogen-bond acceptors (Lipinski definition) is 5. The van der Waals surface area contributed by atoms with Crippen molar-refractivity contribution in [3.05, 3.63) is 0 Å². The van der Waals surface area contributed by atoms with Gasteiger partial charge in [-0.05, 0) is 34.6 Å². The first-order chi connectivity index (χ1) is 10.3. The second-order valence-corrected chi connectivity index (χ2v) is 7.21. The van der Waals surface area contributed by atoms with Crippen LogP contribution in [0.4, 0.5) is 4.79 Å². The van der Waals surface area contributed by atoms with Crippen molar-refractivity contribution in [2.24, 2.45) is 0 Å². The molecule has 1 unspecified atom stereocenters. The summed E-state index contributed by atoms with van der Waals surface area (Å²) in [4.78, 5) is 37.4. The van der Waals surface area contributed by atoms with Crippen molar-refractivity contribution in [3.8, 4) is 0 Å². The van der Waals surface area contributed by atoms with Gasteiger partial charge in [0.1, 0.15) is 11.2 Å². The van der Waals surface area contributed by atoms with Crippen LogP contribution >= 0.6 is 0 Å². The summed E-state index contributed by atoms with van der Waals surface area (Å²) < 4.78 is 10.3. The van der Waals surface area contributed by atoms with E-state index < -0.39 is 28.8 Å². The topological polar surface area (TPSA) is 105 Å². The lowest BCUT2D eigenvalue weighted by molar-refractivity contribution is -0.151. The average molecular weight is 330 g/mol. The first kappa shape index (κ1) is 19.2. The summed E-state index contributed by atoms with van der Waals surface area (Å²) in [6, 6.07) is 0. The number of methoxy groups -OCH3 is 1. The molecule has 0 aromatic carbocycles. The molecule has 0 spiro atoms. The fourth-order valence-electron chi connectivity index (χ4n) is 2.28. The van der Waals surface area contributed by atoms with Gasteiger partial charge < -0.3 is 24.8 Å². The normalized spacial score (nSPS) is 21.9. The maximum absolute atomic E-state index is 12.4. The van der Waals surface area contributed by atoms with Crippen molar-refractivity contribution in [1.82, 2.24) is 10.2 Å². The predicted octanol–water partition coefficient (Wildman–Crippen LogP) is 0.992. The van der Waals surface area contributed by atoms with Crippen molar-refractivity contribution in [2.45, 2.75) is 57.8 Å². The molecule has 0 bridgehead atoms. The Labute approximate surface area is 136 Å². The van der Waals surface area contributed by atoms with Crippen molar-refractivity contribution in [3.63, 3.8) is 0 Å². The van der Waals surface area contributed by atoms with E-state index in [0.717, 1.165) is 0 Å². The molecule has 1 atom stereocenters. The van der Waals surface area contributed by atoms with E-state index in [2.05, 4.69) is 5.32 Å². The van der Waals surface area contributed by atoms with Crippen molar-refractivity contribution >= 4 is 18.0 Å². The quantitative estimate of drug-likeness (QED) is 0.796. The number of rotatable bonds is 4. The van der Waals surface area contributed by atoms with Gasteiger partial charge in [-0.3, -0.25) is 4.79 Å². The highest BCUT2D eigenvalue weighted by Crippen LogP contribution is 2.26. The van der Waals surface area contributed by atoms with E-state index in [1.54, 1.807) is 34.6 Å². The van der Waals surface area contributed by atoms with E-state index in [-0.39, 0.29) is 25.4 Å². The summed E-state index contributed by atoms with van der Waals surface area (Å²) in [7, 11) is 1.41. The molecule has 2 N–H and O–H groups in total. The number of aliphatic carboxylic acids is 1. The number of ether oxygens (including phenoxy) is 2. The Morgan fingerprint density at radius 2 is 1.74 bits per heavy atom. The lowest BCUT2D eigenvalue weighted by atomic mass is 9.99. The molecule has 1 heterocycles. The molecular weight excluding hydrogens is 304 g/mol. The Bertz CT molecular complexity index is 497. The number of nitrogens with zero attached hydrogens (tertiary/aromatic N) is 1. The minimum atomic E-state index is -1.55. The lowest BCUT2D eigenvalue weighted by Gasteiger charge is -2.30. The third-order valence-electron chi connectivity index (χ3n) is 3.73. The molecule has 0 aliphatic carbocycles. The van der Waals surface area contributed by atoms with Gasteiger partial charge in [0.05, 0.1) is 6.54 Å². The molecule has 1 saturated heterocycles. The van der Waals surface area contributed by atoms with Crippen molar-refractivity contribution in [1.29, 1.82) is 0 Å². The number of carboxylic acid groups (broad SMARTS) is 1. The van der Waals surface area contributed by atoms with Crippen molar-refractivity contribution < 1.29 is 29.0 Å². The van der Waals surface area contributed by atoms with E-state index in [0.29, 0.717) is 0 Å². The number of carboxylic acids is 1. The van der Waals surface area contributed by atoms with Crippen LogP contribution in [0.15, 0.2) is 0 Å². The fourth-order valence-corrected chi connectivity index (χ4v) is 2.28. The van der Waals surface area contributed by atoms with Crippen LogP contribution in [0.1, 0.15) is 41.0 Å². The van der Waals surface area contributed by atoms with Gasteiger partial charge in [-0.15, -0.1) is 0 Å². The highest BCUT2D eigenvalue weighted by molar-refractivity contribution is 5.89.